The number of hydrogen-bond acceptors (Lipinski definition) is 3. The predicted molar refractivity (Wildman–Crippen MR) is 89.0 cm³/mol. The van der Waals surface area contributed by atoms with Gasteiger partial charge in [-0.15, -0.1) is 0 Å². The maximum atomic E-state index is 9.10. The highest BCUT2D eigenvalue weighted by Gasteiger charge is 2.17. The van der Waals surface area contributed by atoms with E-state index in [0.717, 1.165) is 22.9 Å². The highest BCUT2D eigenvalue weighted by molar-refractivity contribution is 6.36. The third-order valence-electron chi connectivity index (χ3n) is 3.95. The number of benzene rings is 1. The van der Waals surface area contributed by atoms with Gasteiger partial charge in [0.2, 0.25) is 0 Å². The summed E-state index contributed by atoms with van der Waals surface area (Å²) in [5.74, 6) is 0. The Hall–Kier alpha value is -2.82. The molecule has 3 rings (SSSR count). The summed E-state index contributed by atoms with van der Waals surface area (Å²) in [6, 6.07) is 11.7. The Morgan fingerprint density at radius 2 is 2.04 bits per heavy atom. The largest absolute Gasteiger partial charge is 0.340 e. The van der Waals surface area contributed by atoms with Crippen molar-refractivity contribution in [1.29, 1.82) is 10.5 Å². The molecule has 0 amide bonds. The summed E-state index contributed by atoms with van der Waals surface area (Å²) in [4.78, 5) is 4.15. The number of halogens is 1. The highest BCUT2D eigenvalue weighted by Crippen LogP contribution is 2.32. The molecule has 0 bridgehead atoms. The van der Waals surface area contributed by atoms with E-state index in [-0.39, 0.29) is 6.04 Å². The van der Waals surface area contributed by atoms with Crippen molar-refractivity contribution < 1.29 is 0 Å². The Morgan fingerprint density at radius 3 is 2.74 bits per heavy atom. The Balaban J connectivity index is 2.16. The molecule has 2 heterocycles. The van der Waals surface area contributed by atoms with E-state index in [1.807, 2.05) is 24.4 Å². The summed E-state index contributed by atoms with van der Waals surface area (Å²) in [6.45, 7) is 2.08. The van der Waals surface area contributed by atoms with Crippen molar-refractivity contribution in [2.45, 2.75) is 19.4 Å². The van der Waals surface area contributed by atoms with E-state index in [9.17, 15) is 0 Å². The van der Waals surface area contributed by atoms with Gasteiger partial charge in [0.25, 0.3) is 0 Å². The summed E-state index contributed by atoms with van der Waals surface area (Å²) in [5, 5.41) is 19.5. The average Bonchev–Trinajstić information content (AvgIpc) is 3.01. The second-order valence-electron chi connectivity index (χ2n) is 5.24. The Labute approximate surface area is 139 Å². The molecule has 0 radical (unpaired) electrons. The standard InChI is InChI=1S/C18H13ClN4/c1-2-16(14-7-12(8-20)10-22-11-14)23-6-5-15-17(23)4-3-13(9-21)18(15)19/h3-7,10-11,16H,2H2,1H3/t16-/m1/s1. The fourth-order valence-electron chi connectivity index (χ4n) is 2.85. The van der Waals surface area contributed by atoms with E-state index in [1.165, 1.54) is 0 Å². The molecule has 4 nitrogen and oxygen atoms in total. The van der Waals surface area contributed by atoms with Gasteiger partial charge in [-0.3, -0.25) is 4.98 Å². The molecule has 0 N–H and O–H groups in total. The Bertz CT molecular complexity index is 959. The van der Waals surface area contributed by atoms with Crippen molar-refractivity contribution in [2.75, 3.05) is 0 Å². The van der Waals surface area contributed by atoms with Crippen LogP contribution in [0.4, 0.5) is 0 Å². The number of rotatable bonds is 3. The van der Waals surface area contributed by atoms with Crippen LogP contribution in [0.25, 0.3) is 10.9 Å². The first-order valence-electron chi connectivity index (χ1n) is 7.23. The van der Waals surface area contributed by atoms with Gasteiger partial charge < -0.3 is 4.57 Å². The first-order valence-corrected chi connectivity index (χ1v) is 7.61. The number of nitrogens with zero attached hydrogens (tertiary/aromatic N) is 4. The van der Waals surface area contributed by atoms with Gasteiger partial charge >= 0.3 is 0 Å². The third-order valence-corrected chi connectivity index (χ3v) is 4.36. The SMILES string of the molecule is CC[C@H](c1cncc(C#N)c1)n1ccc2c(Cl)c(C#N)ccc21. The minimum atomic E-state index is 0.0531. The lowest BCUT2D eigenvalue weighted by atomic mass is 10.0. The van der Waals surface area contributed by atoms with E-state index in [4.69, 9.17) is 22.1 Å². The Kier molecular flexibility index (Phi) is 4.02. The number of fused-ring (bicyclic) bond motifs is 1. The van der Waals surface area contributed by atoms with Crippen LogP contribution in [0.5, 0.6) is 0 Å². The predicted octanol–water partition coefficient (Wildman–Crippen LogP) is 4.43. The van der Waals surface area contributed by atoms with Crippen LogP contribution in [0.1, 0.15) is 36.1 Å². The van der Waals surface area contributed by atoms with Crippen molar-refractivity contribution >= 4 is 22.5 Å². The van der Waals surface area contributed by atoms with Crippen molar-refractivity contribution in [3.63, 3.8) is 0 Å². The lowest BCUT2D eigenvalue weighted by Gasteiger charge is -2.19. The van der Waals surface area contributed by atoms with Crippen LogP contribution in [-0.4, -0.2) is 9.55 Å². The second-order valence-corrected chi connectivity index (χ2v) is 5.62. The fourth-order valence-corrected chi connectivity index (χ4v) is 3.12. The smallest absolute Gasteiger partial charge is 0.101 e. The fraction of sp³-hybridized carbons (Fsp3) is 0.167. The van der Waals surface area contributed by atoms with Crippen LogP contribution in [0.2, 0.25) is 5.02 Å². The zero-order valence-electron chi connectivity index (χ0n) is 12.5. The lowest BCUT2D eigenvalue weighted by molar-refractivity contribution is 0.583. The lowest BCUT2D eigenvalue weighted by Crippen LogP contribution is -2.09. The van der Waals surface area contributed by atoms with E-state index in [0.29, 0.717) is 16.1 Å². The van der Waals surface area contributed by atoms with Crippen LogP contribution >= 0.6 is 11.6 Å². The minimum absolute atomic E-state index is 0.0531. The molecule has 3 aromatic rings. The maximum absolute atomic E-state index is 9.10. The molecule has 23 heavy (non-hydrogen) atoms. The van der Waals surface area contributed by atoms with Crippen molar-refractivity contribution in [3.8, 4) is 12.1 Å². The maximum Gasteiger partial charge on any atom is 0.101 e. The molecule has 0 saturated carbocycles. The topological polar surface area (TPSA) is 65.4 Å². The molecule has 0 aliphatic heterocycles. The van der Waals surface area contributed by atoms with Gasteiger partial charge in [-0.25, -0.2) is 0 Å². The molecule has 0 spiro atoms. The molecule has 2 aromatic heterocycles. The summed E-state index contributed by atoms with van der Waals surface area (Å²) in [5.41, 5.74) is 2.95. The first kappa shape index (κ1) is 15.1. The number of hydrogen-bond donors (Lipinski definition) is 0. The van der Waals surface area contributed by atoms with Gasteiger partial charge in [0.1, 0.15) is 12.1 Å². The summed E-state index contributed by atoms with van der Waals surface area (Å²) < 4.78 is 2.11. The molecule has 0 fully saturated rings. The number of pyridine rings is 1. The summed E-state index contributed by atoms with van der Waals surface area (Å²) in [7, 11) is 0. The highest BCUT2D eigenvalue weighted by atomic mass is 35.5. The Morgan fingerprint density at radius 1 is 1.22 bits per heavy atom. The van der Waals surface area contributed by atoms with Crippen LogP contribution in [0.3, 0.4) is 0 Å². The number of nitriles is 2. The van der Waals surface area contributed by atoms with E-state index < -0.39 is 0 Å². The zero-order chi connectivity index (χ0) is 16.4. The van der Waals surface area contributed by atoms with E-state index >= 15 is 0 Å². The molecular formula is C18H13ClN4. The van der Waals surface area contributed by atoms with Crippen LogP contribution in [0, 0.1) is 22.7 Å². The van der Waals surface area contributed by atoms with Crippen molar-refractivity contribution in [2.24, 2.45) is 0 Å². The molecule has 0 saturated heterocycles. The molecule has 5 heteroatoms. The summed E-state index contributed by atoms with van der Waals surface area (Å²) in [6.07, 6.45) is 6.15. The third kappa shape index (κ3) is 2.54. The summed E-state index contributed by atoms with van der Waals surface area (Å²) >= 11 is 6.31. The molecular weight excluding hydrogens is 308 g/mol. The van der Waals surface area contributed by atoms with Crippen LogP contribution in [-0.2, 0) is 0 Å². The van der Waals surface area contributed by atoms with Gasteiger partial charge in [-0.05, 0) is 36.2 Å². The van der Waals surface area contributed by atoms with Gasteiger partial charge in [0.15, 0.2) is 0 Å². The monoisotopic (exact) mass is 320 g/mol. The second kappa shape index (κ2) is 6.12. The molecule has 112 valence electrons. The van der Waals surface area contributed by atoms with Crippen molar-refractivity contribution in [1.82, 2.24) is 9.55 Å². The van der Waals surface area contributed by atoms with Gasteiger partial charge in [-0.2, -0.15) is 10.5 Å². The molecule has 1 aromatic carbocycles. The first-order chi connectivity index (χ1) is 11.2. The van der Waals surface area contributed by atoms with E-state index in [1.54, 1.807) is 18.5 Å². The number of aromatic nitrogens is 2. The van der Waals surface area contributed by atoms with Gasteiger partial charge in [-0.1, -0.05) is 18.5 Å². The van der Waals surface area contributed by atoms with Crippen molar-refractivity contribution in [3.05, 3.63) is 64.6 Å². The minimum Gasteiger partial charge on any atom is -0.340 e. The molecule has 0 unspecified atom stereocenters. The quantitative estimate of drug-likeness (QED) is 0.717. The molecule has 1 atom stereocenters. The molecule has 0 aliphatic rings. The van der Waals surface area contributed by atoms with Crippen LogP contribution < -0.4 is 0 Å². The van der Waals surface area contributed by atoms with E-state index in [2.05, 4.69) is 28.6 Å². The van der Waals surface area contributed by atoms with Gasteiger partial charge in [0, 0.05) is 24.0 Å². The van der Waals surface area contributed by atoms with Gasteiger partial charge in [0.05, 0.1) is 27.7 Å². The zero-order valence-corrected chi connectivity index (χ0v) is 13.2. The normalized spacial score (nSPS) is 11.8. The van der Waals surface area contributed by atoms with Crippen LogP contribution in [0.15, 0.2) is 42.9 Å². The average molecular weight is 321 g/mol. The molecule has 0 aliphatic carbocycles.